The van der Waals surface area contributed by atoms with Crippen LogP contribution in [-0.2, 0) is 17.9 Å². The van der Waals surface area contributed by atoms with E-state index in [-0.39, 0.29) is 5.56 Å². The first-order chi connectivity index (χ1) is 7.29. The molecule has 0 radical (unpaired) electrons. The minimum absolute atomic E-state index is 0.0463. The highest BCUT2D eigenvalue weighted by molar-refractivity contribution is 7.98. The van der Waals surface area contributed by atoms with Gasteiger partial charge in [-0.3, -0.25) is 4.79 Å². The molecule has 0 fully saturated rings. The van der Waals surface area contributed by atoms with Gasteiger partial charge < -0.3 is 4.98 Å². The monoisotopic (exact) mass is 221 g/mol. The maximum atomic E-state index is 11.7. The van der Waals surface area contributed by atoms with E-state index in [0.717, 1.165) is 40.5 Å². The fourth-order valence-corrected chi connectivity index (χ4v) is 2.99. The SMILES string of the molecule is CCc1cc2[nH]c(=O)c3c(n2n1)CSC3. The highest BCUT2D eigenvalue weighted by Gasteiger charge is 2.19. The van der Waals surface area contributed by atoms with Gasteiger partial charge in [0, 0.05) is 23.1 Å². The molecule has 3 rings (SSSR count). The first-order valence-corrected chi connectivity index (χ1v) is 6.15. The van der Waals surface area contributed by atoms with E-state index in [9.17, 15) is 4.79 Å². The Kier molecular flexibility index (Phi) is 1.88. The maximum Gasteiger partial charge on any atom is 0.255 e. The summed E-state index contributed by atoms with van der Waals surface area (Å²) in [5, 5.41) is 4.48. The van der Waals surface area contributed by atoms with Crippen LogP contribution in [-0.4, -0.2) is 14.6 Å². The van der Waals surface area contributed by atoms with Crippen molar-refractivity contribution in [2.75, 3.05) is 0 Å². The molecule has 3 heterocycles. The third kappa shape index (κ3) is 1.23. The summed E-state index contributed by atoms with van der Waals surface area (Å²) in [6.45, 7) is 2.06. The second-order valence-corrected chi connectivity index (χ2v) is 4.64. The molecule has 2 aromatic heterocycles. The molecule has 1 aliphatic heterocycles. The number of hydrogen-bond donors (Lipinski definition) is 1. The van der Waals surface area contributed by atoms with Crippen LogP contribution in [0.4, 0.5) is 0 Å². The van der Waals surface area contributed by atoms with Gasteiger partial charge in [0.25, 0.3) is 5.56 Å². The van der Waals surface area contributed by atoms with Gasteiger partial charge in [-0.1, -0.05) is 6.92 Å². The minimum atomic E-state index is 0.0463. The second kappa shape index (κ2) is 3.13. The van der Waals surface area contributed by atoms with Gasteiger partial charge in [0.2, 0.25) is 0 Å². The van der Waals surface area contributed by atoms with Gasteiger partial charge in [0.05, 0.1) is 11.4 Å². The average molecular weight is 221 g/mol. The molecule has 0 saturated heterocycles. The fourth-order valence-electron chi connectivity index (χ4n) is 1.90. The van der Waals surface area contributed by atoms with Gasteiger partial charge >= 0.3 is 0 Å². The Morgan fingerprint density at radius 3 is 3.27 bits per heavy atom. The van der Waals surface area contributed by atoms with Crippen molar-refractivity contribution in [1.29, 1.82) is 0 Å². The standard InChI is InChI=1S/C10H11N3OS/c1-2-6-3-9-11-10(14)7-4-15-5-8(7)13(9)12-6/h3H,2,4-5H2,1H3,(H,11,14). The molecular weight excluding hydrogens is 210 g/mol. The number of nitrogens with one attached hydrogen (secondary N) is 1. The molecule has 1 aliphatic rings. The van der Waals surface area contributed by atoms with Crippen LogP contribution in [0, 0.1) is 0 Å². The van der Waals surface area contributed by atoms with Crippen molar-refractivity contribution in [3.63, 3.8) is 0 Å². The number of hydrogen-bond acceptors (Lipinski definition) is 3. The van der Waals surface area contributed by atoms with E-state index in [1.165, 1.54) is 0 Å². The molecule has 2 aromatic rings. The Balaban J connectivity index is 2.40. The van der Waals surface area contributed by atoms with Gasteiger partial charge in [0.15, 0.2) is 0 Å². The maximum absolute atomic E-state index is 11.7. The zero-order valence-corrected chi connectivity index (χ0v) is 9.23. The summed E-state index contributed by atoms with van der Waals surface area (Å²) in [5.74, 6) is 1.70. The van der Waals surface area contributed by atoms with Crippen LogP contribution in [0.15, 0.2) is 10.9 Å². The molecule has 78 valence electrons. The number of rotatable bonds is 1. The predicted molar refractivity (Wildman–Crippen MR) is 60.2 cm³/mol. The van der Waals surface area contributed by atoms with Crippen LogP contribution in [0.1, 0.15) is 23.9 Å². The van der Waals surface area contributed by atoms with Crippen LogP contribution in [0.3, 0.4) is 0 Å². The minimum Gasteiger partial charge on any atom is -0.307 e. The van der Waals surface area contributed by atoms with Crippen LogP contribution in [0.2, 0.25) is 0 Å². The molecule has 0 spiro atoms. The number of aromatic amines is 1. The van der Waals surface area contributed by atoms with Crippen LogP contribution in [0.5, 0.6) is 0 Å². The third-order valence-corrected chi connectivity index (χ3v) is 3.70. The number of nitrogens with zero attached hydrogens (tertiary/aromatic N) is 2. The van der Waals surface area contributed by atoms with Crippen molar-refractivity contribution in [3.05, 3.63) is 33.4 Å². The summed E-state index contributed by atoms with van der Waals surface area (Å²) >= 11 is 1.77. The molecule has 15 heavy (non-hydrogen) atoms. The Morgan fingerprint density at radius 1 is 1.60 bits per heavy atom. The van der Waals surface area contributed by atoms with E-state index in [2.05, 4.69) is 17.0 Å². The lowest BCUT2D eigenvalue weighted by Crippen LogP contribution is -2.15. The molecule has 0 bridgehead atoms. The van der Waals surface area contributed by atoms with Crippen molar-refractivity contribution in [3.8, 4) is 0 Å². The number of H-pyrrole nitrogens is 1. The van der Waals surface area contributed by atoms with Crippen molar-refractivity contribution in [1.82, 2.24) is 14.6 Å². The van der Waals surface area contributed by atoms with E-state index in [1.54, 1.807) is 11.8 Å². The first kappa shape index (κ1) is 9.03. The predicted octanol–water partition coefficient (Wildman–Crippen LogP) is 1.33. The number of aromatic nitrogens is 3. The molecule has 0 saturated carbocycles. The quantitative estimate of drug-likeness (QED) is 0.790. The smallest absolute Gasteiger partial charge is 0.255 e. The summed E-state index contributed by atoms with van der Waals surface area (Å²) in [6, 6.07) is 1.95. The summed E-state index contributed by atoms with van der Waals surface area (Å²) in [6.07, 6.45) is 0.894. The molecule has 5 heteroatoms. The fraction of sp³-hybridized carbons (Fsp3) is 0.400. The van der Waals surface area contributed by atoms with Crippen LogP contribution < -0.4 is 5.56 Å². The lowest BCUT2D eigenvalue weighted by molar-refractivity contribution is 0.839. The highest BCUT2D eigenvalue weighted by Crippen LogP contribution is 2.27. The number of thioether (sulfide) groups is 1. The lowest BCUT2D eigenvalue weighted by Gasteiger charge is -2.00. The van der Waals surface area contributed by atoms with Crippen molar-refractivity contribution in [2.45, 2.75) is 24.9 Å². The second-order valence-electron chi connectivity index (χ2n) is 3.66. The van der Waals surface area contributed by atoms with E-state index in [0.29, 0.717) is 0 Å². The van der Waals surface area contributed by atoms with Crippen LogP contribution in [0.25, 0.3) is 5.65 Å². The van der Waals surface area contributed by atoms with E-state index >= 15 is 0 Å². The van der Waals surface area contributed by atoms with Crippen molar-refractivity contribution < 1.29 is 0 Å². The van der Waals surface area contributed by atoms with Gasteiger partial charge in [-0.25, -0.2) is 4.52 Å². The Hall–Kier alpha value is -1.23. The molecule has 0 amide bonds. The molecule has 0 aromatic carbocycles. The topological polar surface area (TPSA) is 50.2 Å². The third-order valence-electron chi connectivity index (χ3n) is 2.73. The normalized spacial score (nSPS) is 14.7. The Labute approximate surface area is 90.7 Å². The van der Waals surface area contributed by atoms with Crippen LogP contribution >= 0.6 is 11.8 Å². The Morgan fingerprint density at radius 2 is 2.47 bits per heavy atom. The summed E-state index contributed by atoms with van der Waals surface area (Å²) in [7, 11) is 0. The van der Waals surface area contributed by atoms with Crippen molar-refractivity contribution >= 4 is 17.4 Å². The molecule has 1 N–H and O–H groups in total. The Bertz CT molecular complexity index is 584. The summed E-state index contributed by atoms with van der Waals surface area (Å²) in [4.78, 5) is 14.6. The lowest BCUT2D eigenvalue weighted by atomic mass is 10.3. The molecule has 0 atom stereocenters. The summed E-state index contributed by atoms with van der Waals surface area (Å²) in [5.41, 5.74) is 3.84. The first-order valence-electron chi connectivity index (χ1n) is 5.00. The number of fused-ring (bicyclic) bond motifs is 3. The molecule has 4 nitrogen and oxygen atoms in total. The highest BCUT2D eigenvalue weighted by atomic mass is 32.2. The largest absolute Gasteiger partial charge is 0.307 e. The van der Waals surface area contributed by atoms with E-state index in [4.69, 9.17) is 0 Å². The van der Waals surface area contributed by atoms with Crippen molar-refractivity contribution in [2.24, 2.45) is 0 Å². The summed E-state index contributed by atoms with van der Waals surface area (Å²) < 4.78 is 1.88. The van der Waals surface area contributed by atoms with E-state index in [1.807, 2.05) is 10.6 Å². The zero-order chi connectivity index (χ0) is 10.4. The van der Waals surface area contributed by atoms with E-state index < -0.39 is 0 Å². The van der Waals surface area contributed by atoms with Gasteiger partial charge in [-0.2, -0.15) is 16.9 Å². The molecule has 0 aliphatic carbocycles. The van der Waals surface area contributed by atoms with Gasteiger partial charge in [-0.05, 0) is 6.42 Å². The average Bonchev–Trinajstić information content (AvgIpc) is 2.80. The molecule has 0 unspecified atom stereocenters. The van der Waals surface area contributed by atoms with Gasteiger partial charge in [0.1, 0.15) is 5.65 Å². The molecular formula is C10H11N3OS. The van der Waals surface area contributed by atoms with Gasteiger partial charge in [-0.15, -0.1) is 0 Å². The zero-order valence-electron chi connectivity index (χ0n) is 8.41. The number of aryl methyl sites for hydroxylation is 1.